The summed E-state index contributed by atoms with van der Waals surface area (Å²) in [6.45, 7) is 2.94. The molecule has 146 valence electrons. The largest absolute Gasteiger partial charge is 0.332 e. The molecule has 1 aliphatic heterocycles. The number of benzene rings is 2. The summed E-state index contributed by atoms with van der Waals surface area (Å²) in [6, 6.07) is 12.9. The van der Waals surface area contributed by atoms with Gasteiger partial charge in [0.15, 0.2) is 11.6 Å². The van der Waals surface area contributed by atoms with Crippen LogP contribution < -0.4 is 5.32 Å². The molecule has 28 heavy (non-hydrogen) atoms. The van der Waals surface area contributed by atoms with Crippen molar-refractivity contribution in [2.24, 2.45) is 0 Å². The van der Waals surface area contributed by atoms with E-state index in [-0.39, 0.29) is 5.69 Å². The number of anilines is 1. The molecule has 1 heterocycles. The van der Waals surface area contributed by atoms with E-state index in [4.69, 9.17) is 0 Å². The van der Waals surface area contributed by atoms with Crippen LogP contribution >= 0.6 is 0 Å². The fraction of sp³-hybridized carbons (Fsp3) is 0.238. The lowest BCUT2D eigenvalue weighted by Crippen LogP contribution is -2.51. The first-order valence-corrected chi connectivity index (χ1v) is 9.02. The number of piperazine rings is 1. The zero-order valence-corrected chi connectivity index (χ0v) is 15.3. The first kappa shape index (κ1) is 19.7. The van der Waals surface area contributed by atoms with E-state index in [9.17, 15) is 18.4 Å². The standard InChI is InChI=1S/C21H21F2N3O2/c22-18-9-8-17(15-19(18)23)24-20(27)21(28)26-13-11-25(12-14-26)10-4-7-16-5-2-1-3-6-16/h1-9,15H,10-14H2,(H,24,27)/b7-4+. The molecule has 0 unspecified atom stereocenters. The molecule has 0 radical (unpaired) electrons. The van der Waals surface area contributed by atoms with Gasteiger partial charge in [0.2, 0.25) is 0 Å². The van der Waals surface area contributed by atoms with Crippen molar-refractivity contribution in [2.75, 3.05) is 38.0 Å². The summed E-state index contributed by atoms with van der Waals surface area (Å²) in [5.41, 5.74) is 1.17. The number of nitrogens with zero attached hydrogens (tertiary/aromatic N) is 2. The minimum Gasteiger partial charge on any atom is -0.332 e. The molecule has 0 saturated carbocycles. The van der Waals surface area contributed by atoms with E-state index >= 15 is 0 Å². The molecule has 1 fully saturated rings. The van der Waals surface area contributed by atoms with Crippen LogP contribution in [-0.2, 0) is 9.59 Å². The molecule has 0 bridgehead atoms. The second kappa shape index (κ2) is 9.23. The van der Waals surface area contributed by atoms with Crippen molar-refractivity contribution in [1.82, 2.24) is 9.80 Å². The average Bonchev–Trinajstić information content (AvgIpc) is 2.71. The molecule has 1 N–H and O–H groups in total. The van der Waals surface area contributed by atoms with Gasteiger partial charge in [-0.3, -0.25) is 14.5 Å². The maximum absolute atomic E-state index is 13.2. The first-order chi connectivity index (χ1) is 13.5. The van der Waals surface area contributed by atoms with Crippen molar-refractivity contribution >= 4 is 23.6 Å². The summed E-state index contributed by atoms with van der Waals surface area (Å²) in [5.74, 6) is -3.63. The summed E-state index contributed by atoms with van der Waals surface area (Å²) in [4.78, 5) is 28.0. The predicted octanol–water partition coefficient (Wildman–Crippen LogP) is 2.76. The molecule has 0 aromatic heterocycles. The van der Waals surface area contributed by atoms with Gasteiger partial charge in [-0.1, -0.05) is 42.5 Å². The lowest BCUT2D eigenvalue weighted by atomic mass is 10.2. The van der Waals surface area contributed by atoms with Gasteiger partial charge >= 0.3 is 11.8 Å². The Kier molecular flexibility index (Phi) is 6.49. The number of hydrogen-bond acceptors (Lipinski definition) is 3. The highest BCUT2D eigenvalue weighted by molar-refractivity contribution is 6.39. The molecule has 3 rings (SSSR count). The van der Waals surface area contributed by atoms with E-state index in [0.717, 1.165) is 24.2 Å². The molecule has 1 saturated heterocycles. The number of hydrogen-bond donors (Lipinski definition) is 1. The molecule has 1 aliphatic rings. The molecule has 0 atom stereocenters. The molecule has 2 aromatic carbocycles. The Morgan fingerprint density at radius 2 is 1.68 bits per heavy atom. The van der Waals surface area contributed by atoms with Gasteiger partial charge in [0, 0.05) is 44.5 Å². The smallest absolute Gasteiger partial charge is 0.313 e. The highest BCUT2D eigenvalue weighted by atomic mass is 19.2. The van der Waals surface area contributed by atoms with Gasteiger partial charge < -0.3 is 10.2 Å². The van der Waals surface area contributed by atoms with Crippen LogP contribution in [0, 0.1) is 11.6 Å². The van der Waals surface area contributed by atoms with E-state index in [0.29, 0.717) is 26.2 Å². The monoisotopic (exact) mass is 385 g/mol. The van der Waals surface area contributed by atoms with Gasteiger partial charge in [-0.05, 0) is 17.7 Å². The van der Waals surface area contributed by atoms with Crippen molar-refractivity contribution in [3.63, 3.8) is 0 Å². The zero-order chi connectivity index (χ0) is 19.9. The molecule has 0 aliphatic carbocycles. The van der Waals surface area contributed by atoms with E-state index < -0.39 is 23.4 Å². The van der Waals surface area contributed by atoms with Crippen molar-refractivity contribution in [3.05, 3.63) is 71.8 Å². The van der Waals surface area contributed by atoms with Crippen LogP contribution in [0.4, 0.5) is 14.5 Å². The van der Waals surface area contributed by atoms with Crippen molar-refractivity contribution in [3.8, 4) is 0 Å². The van der Waals surface area contributed by atoms with E-state index in [1.165, 1.54) is 11.0 Å². The topological polar surface area (TPSA) is 52.7 Å². The Labute approximate surface area is 162 Å². The van der Waals surface area contributed by atoms with Gasteiger partial charge in [0.1, 0.15) is 0 Å². The zero-order valence-electron chi connectivity index (χ0n) is 15.3. The maximum Gasteiger partial charge on any atom is 0.313 e. The highest BCUT2D eigenvalue weighted by Crippen LogP contribution is 2.13. The van der Waals surface area contributed by atoms with Crippen LogP contribution in [-0.4, -0.2) is 54.3 Å². The summed E-state index contributed by atoms with van der Waals surface area (Å²) >= 11 is 0. The molecular weight excluding hydrogens is 364 g/mol. The van der Waals surface area contributed by atoms with Crippen LogP contribution in [0.2, 0.25) is 0 Å². The first-order valence-electron chi connectivity index (χ1n) is 9.02. The Balaban J connectivity index is 1.45. The van der Waals surface area contributed by atoms with E-state index in [1.807, 2.05) is 36.4 Å². The third-order valence-corrected chi connectivity index (χ3v) is 4.50. The van der Waals surface area contributed by atoms with Crippen LogP contribution in [0.5, 0.6) is 0 Å². The van der Waals surface area contributed by atoms with Crippen LogP contribution in [0.3, 0.4) is 0 Å². The molecule has 0 spiro atoms. The SMILES string of the molecule is O=C(Nc1ccc(F)c(F)c1)C(=O)N1CCN(C/C=C/c2ccccc2)CC1. The Morgan fingerprint density at radius 1 is 0.964 bits per heavy atom. The predicted molar refractivity (Wildman–Crippen MR) is 103 cm³/mol. The number of carbonyl (C=O) groups excluding carboxylic acids is 2. The van der Waals surface area contributed by atoms with Gasteiger partial charge in [-0.15, -0.1) is 0 Å². The highest BCUT2D eigenvalue weighted by Gasteiger charge is 2.25. The second-order valence-corrected chi connectivity index (χ2v) is 6.49. The quantitative estimate of drug-likeness (QED) is 0.824. The van der Waals surface area contributed by atoms with Gasteiger partial charge in [0.25, 0.3) is 0 Å². The molecular formula is C21H21F2N3O2. The fourth-order valence-corrected chi connectivity index (χ4v) is 2.94. The van der Waals surface area contributed by atoms with Crippen LogP contribution in [0.25, 0.3) is 6.08 Å². The Hall–Kier alpha value is -3.06. The van der Waals surface area contributed by atoms with Crippen LogP contribution in [0.1, 0.15) is 5.56 Å². The summed E-state index contributed by atoms with van der Waals surface area (Å²) < 4.78 is 26.1. The number of carbonyl (C=O) groups is 2. The third-order valence-electron chi connectivity index (χ3n) is 4.50. The number of halogens is 2. The average molecular weight is 385 g/mol. The number of nitrogens with one attached hydrogen (secondary N) is 1. The molecule has 7 heteroatoms. The lowest BCUT2D eigenvalue weighted by Gasteiger charge is -2.33. The number of amides is 2. The minimum absolute atomic E-state index is 0.0435. The lowest BCUT2D eigenvalue weighted by molar-refractivity contribution is -0.144. The Morgan fingerprint density at radius 3 is 2.36 bits per heavy atom. The van der Waals surface area contributed by atoms with Gasteiger partial charge in [0.05, 0.1) is 0 Å². The Bertz CT molecular complexity index is 863. The van der Waals surface area contributed by atoms with Gasteiger partial charge in [-0.25, -0.2) is 8.78 Å². The van der Waals surface area contributed by atoms with E-state index in [1.54, 1.807) is 0 Å². The molecule has 2 amide bonds. The molecule has 2 aromatic rings. The number of rotatable bonds is 4. The second-order valence-electron chi connectivity index (χ2n) is 6.49. The van der Waals surface area contributed by atoms with Crippen molar-refractivity contribution < 1.29 is 18.4 Å². The summed E-state index contributed by atoms with van der Waals surface area (Å²) in [5, 5.41) is 2.31. The minimum atomic E-state index is -1.08. The maximum atomic E-state index is 13.2. The molecule has 5 nitrogen and oxygen atoms in total. The summed E-state index contributed by atoms with van der Waals surface area (Å²) in [7, 11) is 0. The normalized spacial score (nSPS) is 15.0. The van der Waals surface area contributed by atoms with Gasteiger partial charge in [-0.2, -0.15) is 0 Å². The summed E-state index contributed by atoms with van der Waals surface area (Å²) in [6.07, 6.45) is 4.12. The fourth-order valence-electron chi connectivity index (χ4n) is 2.94. The van der Waals surface area contributed by atoms with Crippen LogP contribution in [0.15, 0.2) is 54.6 Å². The van der Waals surface area contributed by atoms with Crippen molar-refractivity contribution in [2.45, 2.75) is 0 Å². The van der Waals surface area contributed by atoms with Crippen molar-refractivity contribution in [1.29, 1.82) is 0 Å². The van der Waals surface area contributed by atoms with E-state index in [2.05, 4.69) is 16.3 Å². The third kappa shape index (κ3) is 5.23.